The van der Waals surface area contributed by atoms with Crippen LogP contribution in [0.5, 0.6) is 5.75 Å². The Bertz CT molecular complexity index is 1360. The zero-order valence-corrected chi connectivity index (χ0v) is 20.0. The lowest BCUT2D eigenvalue weighted by molar-refractivity contribution is -0.145. The van der Waals surface area contributed by atoms with Crippen molar-refractivity contribution in [3.63, 3.8) is 0 Å². The van der Waals surface area contributed by atoms with Crippen molar-refractivity contribution in [2.24, 2.45) is 0 Å². The van der Waals surface area contributed by atoms with Gasteiger partial charge in [0.15, 0.2) is 0 Å². The molecule has 0 aliphatic heterocycles. The molecule has 1 heterocycles. The Labute approximate surface area is 208 Å². The van der Waals surface area contributed by atoms with E-state index in [1.165, 1.54) is 0 Å². The van der Waals surface area contributed by atoms with Crippen LogP contribution in [-0.2, 0) is 16.0 Å². The Balaban J connectivity index is 1.55. The fourth-order valence-corrected chi connectivity index (χ4v) is 3.94. The smallest absolute Gasteiger partial charge is 0.328 e. The molecular weight excluding hydrogens is 458 g/mol. The fourth-order valence-electron chi connectivity index (χ4n) is 3.94. The highest BCUT2D eigenvalue weighted by Gasteiger charge is 2.26. The summed E-state index contributed by atoms with van der Waals surface area (Å²) in [6.45, 7) is 1.88. The summed E-state index contributed by atoms with van der Waals surface area (Å²) in [7, 11) is 1.54. The minimum atomic E-state index is -0.953. The number of carbonyl (C=O) groups excluding carboxylic acids is 3. The van der Waals surface area contributed by atoms with E-state index in [1.54, 1.807) is 50.4 Å². The van der Waals surface area contributed by atoms with Gasteiger partial charge in [-0.25, -0.2) is 4.79 Å². The second kappa shape index (κ2) is 11.2. The Kier molecular flexibility index (Phi) is 7.65. The van der Waals surface area contributed by atoms with Crippen LogP contribution in [0.3, 0.4) is 0 Å². The molecule has 0 saturated carbocycles. The molecule has 1 atom stereocenters. The van der Waals surface area contributed by atoms with Crippen molar-refractivity contribution in [2.45, 2.75) is 19.4 Å². The van der Waals surface area contributed by atoms with E-state index in [0.29, 0.717) is 17.1 Å². The molecular formula is C28H27N3O5. The molecule has 0 spiro atoms. The summed E-state index contributed by atoms with van der Waals surface area (Å²) >= 11 is 0. The van der Waals surface area contributed by atoms with Gasteiger partial charge in [-0.3, -0.25) is 9.59 Å². The Morgan fingerprint density at radius 3 is 2.42 bits per heavy atom. The predicted octanol–water partition coefficient (Wildman–Crippen LogP) is 4.33. The number of aromatic amines is 1. The third kappa shape index (κ3) is 5.55. The van der Waals surface area contributed by atoms with E-state index < -0.39 is 17.9 Å². The van der Waals surface area contributed by atoms with Crippen molar-refractivity contribution in [1.29, 1.82) is 0 Å². The van der Waals surface area contributed by atoms with Crippen molar-refractivity contribution in [2.75, 3.05) is 19.0 Å². The standard InChI is InChI=1S/C28H27N3O5/c1-3-36-28(34)24(17-19-11-5-9-15-25(19)35-2)31-26(32)20-12-6-8-14-22(20)30-27(33)23-16-18-10-4-7-13-21(18)29-23/h4-16,24,29H,3,17H2,1-2H3,(H,30,33)(H,31,32). The lowest BCUT2D eigenvalue weighted by Crippen LogP contribution is -2.43. The highest BCUT2D eigenvalue weighted by atomic mass is 16.5. The van der Waals surface area contributed by atoms with Gasteiger partial charge in [-0.1, -0.05) is 48.5 Å². The number of para-hydroxylation sites is 3. The monoisotopic (exact) mass is 485 g/mol. The van der Waals surface area contributed by atoms with Crippen LogP contribution in [0.1, 0.15) is 33.3 Å². The van der Waals surface area contributed by atoms with E-state index >= 15 is 0 Å². The van der Waals surface area contributed by atoms with Crippen LogP contribution in [0.25, 0.3) is 10.9 Å². The van der Waals surface area contributed by atoms with Crippen molar-refractivity contribution < 1.29 is 23.9 Å². The summed E-state index contributed by atoms with van der Waals surface area (Å²) in [5, 5.41) is 6.47. The number of amides is 2. The summed E-state index contributed by atoms with van der Waals surface area (Å²) in [5.41, 5.74) is 2.49. The fraction of sp³-hybridized carbons (Fsp3) is 0.179. The van der Waals surface area contributed by atoms with E-state index in [0.717, 1.165) is 16.5 Å². The van der Waals surface area contributed by atoms with Crippen LogP contribution in [0.15, 0.2) is 78.9 Å². The van der Waals surface area contributed by atoms with Gasteiger partial charge < -0.3 is 25.1 Å². The Hall–Kier alpha value is -4.59. The summed E-state index contributed by atoms with van der Waals surface area (Å²) in [6.07, 6.45) is 0.179. The second-order valence-corrected chi connectivity index (χ2v) is 8.06. The quantitative estimate of drug-likeness (QED) is 0.306. The topological polar surface area (TPSA) is 110 Å². The number of ether oxygens (including phenoxy) is 2. The summed E-state index contributed by atoms with van der Waals surface area (Å²) in [6, 6.07) is 22.2. The molecule has 0 saturated heterocycles. The molecule has 1 aromatic heterocycles. The van der Waals surface area contributed by atoms with Gasteiger partial charge in [0.1, 0.15) is 17.5 Å². The van der Waals surface area contributed by atoms with Gasteiger partial charge in [-0.05, 0) is 42.8 Å². The van der Waals surface area contributed by atoms with E-state index in [2.05, 4.69) is 15.6 Å². The normalized spacial score (nSPS) is 11.5. The third-order valence-corrected chi connectivity index (χ3v) is 5.69. The minimum absolute atomic E-state index is 0.175. The second-order valence-electron chi connectivity index (χ2n) is 8.06. The maximum atomic E-state index is 13.3. The molecule has 3 N–H and O–H groups in total. The maximum absolute atomic E-state index is 13.3. The van der Waals surface area contributed by atoms with Crippen LogP contribution in [0.2, 0.25) is 0 Å². The number of hydrogen-bond acceptors (Lipinski definition) is 5. The van der Waals surface area contributed by atoms with Gasteiger partial charge in [-0.2, -0.15) is 0 Å². The van der Waals surface area contributed by atoms with E-state index in [1.807, 2.05) is 42.5 Å². The van der Waals surface area contributed by atoms with Gasteiger partial charge in [0.25, 0.3) is 11.8 Å². The van der Waals surface area contributed by atoms with Crippen LogP contribution in [-0.4, -0.2) is 42.5 Å². The third-order valence-electron chi connectivity index (χ3n) is 5.69. The summed E-state index contributed by atoms with van der Waals surface area (Å²) in [4.78, 5) is 42.0. The first kappa shape index (κ1) is 24.5. The first-order valence-corrected chi connectivity index (χ1v) is 11.6. The Morgan fingerprint density at radius 2 is 1.64 bits per heavy atom. The lowest BCUT2D eigenvalue weighted by Gasteiger charge is -2.19. The molecule has 36 heavy (non-hydrogen) atoms. The zero-order chi connectivity index (χ0) is 25.5. The van der Waals surface area contributed by atoms with Gasteiger partial charge in [0, 0.05) is 17.3 Å². The number of nitrogens with one attached hydrogen (secondary N) is 3. The lowest BCUT2D eigenvalue weighted by atomic mass is 10.0. The molecule has 2 amide bonds. The highest BCUT2D eigenvalue weighted by Crippen LogP contribution is 2.21. The number of carbonyl (C=O) groups is 3. The molecule has 0 aliphatic carbocycles. The van der Waals surface area contributed by atoms with Gasteiger partial charge in [-0.15, -0.1) is 0 Å². The first-order chi connectivity index (χ1) is 17.5. The highest BCUT2D eigenvalue weighted by molar-refractivity contribution is 6.10. The number of rotatable bonds is 9. The molecule has 8 nitrogen and oxygen atoms in total. The molecule has 0 radical (unpaired) electrons. The van der Waals surface area contributed by atoms with Crippen LogP contribution >= 0.6 is 0 Å². The number of H-pyrrole nitrogens is 1. The largest absolute Gasteiger partial charge is 0.496 e. The number of fused-ring (bicyclic) bond motifs is 1. The SMILES string of the molecule is CCOC(=O)C(Cc1ccccc1OC)NC(=O)c1ccccc1NC(=O)c1cc2ccccc2[nH]1. The first-order valence-electron chi connectivity index (χ1n) is 11.6. The number of aromatic nitrogens is 1. The van der Waals surface area contributed by atoms with Crippen LogP contribution in [0, 0.1) is 0 Å². The molecule has 0 fully saturated rings. The van der Waals surface area contributed by atoms with Crippen molar-refractivity contribution in [1.82, 2.24) is 10.3 Å². The average molecular weight is 486 g/mol. The molecule has 0 bridgehead atoms. The minimum Gasteiger partial charge on any atom is -0.496 e. The van der Waals surface area contributed by atoms with Gasteiger partial charge >= 0.3 is 5.97 Å². The van der Waals surface area contributed by atoms with Crippen LogP contribution < -0.4 is 15.4 Å². The van der Waals surface area contributed by atoms with E-state index in [-0.39, 0.29) is 24.5 Å². The molecule has 1 unspecified atom stereocenters. The molecule has 8 heteroatoms. The molecule has 3 aromatic carbocycles. The maximum Gasteiger partial charge on any atom is 0.328 e. The number of anilines is 1. The summed E-state index contributed by atoms with van der Waals surface area (Å²) < 4.78 is 10.6. The zero-order valence-electron chi connectivity index (χ0n) is 20.0. The van der Waals surface area contributed by atoms with Crippen molar-refractivity contribution >= 4 is 34.4 Å². The van der Waals surface area contributed by atoms with E-state index in [9.17, 15) is 14.4 Å². The number of hydrogen-bond donors (Lipinski definition) is 3. The van der Waals surface area contributed by atoms with Crippen molar-refractivity contribution in [3.05, 3.63) is 95.7 Å². The number of esters is 1. The number of benzene rings is 3. The van der Waals surface area contributed by atoms with E-state index in [4.69, 9.17) is 9.47 Å². The van der Waals surface area contributed by atoms with Gasteiger partial charge in [0.05, 0.1) is 25.0 Å². The molecule has 184 valence electrons. The van der Waals surface area contributed by atoms with Gasteiger partial charge in [0.2, 0.25) is 0 Å². The molecule has 0 aliphatic rings. The number of methoxy groups -OCH3 is 1. The van der Waals surface area contributed by atoms with Crippen molar-refractivity contribution in [3.8, 4) is 5.75 Å². The van der Waals surface area contributed by atoms with Crippen LogP contribution in [0.4, 0.5) is 5.69 Å². The molecule has 4 rings (SSSR count). The Morgan fingerprint density at radius 1 is 0.917 bits per heavy atom. The summed E-state index contributed by atoms with van der Waals surface area (Å²) in [5.74, 6) is -0.860. The average Bonchev–Trinajstić information content (AvgIpc) is 3.33. The molecule has 4 aromatic rings. The predicted molar refractivity (Wildman–Crippen MR) is 137 cm³/mol.